The van der Waals surface area contributed by atoms with E-state index in [-0.39, 0.29) is 42.6 Å². The van der Waals surface area contributed by atoms with Crippen molar-refractivity contribution in [2.45, 2.75) is 45.4 Å². The molecular weight excluding hydrogens is 245 g/mol. The molecule has 0 saturated heterocycles. The number of aliphatic carboxylic acids is 2. The first-order valence-electron chi connectivity index (χ1n) is 6.20. The van der Waals surface area contributed by atoms with Gasteiger partial charge in [0.25, 0.3) is 0 Å². The van der Waals surface area contributed by atoms with Crippen molar-refractivity contribution >= 4 is 11.9 Å². The second-order valence-electron chi connectivity index (χ2n) is 4.24. The van der Waals surface area contributed by atoms with Crippen LogP contribution < -0.4 is 34.7 Å². The van der Waals surface area contributed by atoms with Gasteiger partial charge in [0.05, 0.1) is 12.5 Å². The number of unbranched alkanes of at least 4 members (excludes halogenated alkanes) is 5. The number of hydrogen-bond donors (Lipinski definition) is 1. The fraction of sp³-hybridized carbons (Fsp3) is 0.833. The van der Waals surface area contributed by atoms with Crippen LogP contribution in [-0.4, -0.2) is 41.6 Å². The van der Waals surface area contributed by atoms with Gasteiger partial charge >= 0.3 is 35.5 Å². The molecule has 0 atom stereocenters. The Bertz CT molecular complexity index is 220. The Morgan fingerprint density at radius 1 is 1.06 bits per heavy atom. The van der Waals surface area contributed by atoms with Crippen LogP contribution in [0.2, 0.25) is 0 Å². The van der Waals surface area contributed by atoms with Gasteiger partial charge in [-0.25, -0.2) is 0 Å². The molecule has 0 aliphatic rings. The molecule has 100 valence electrons. The van der Waals surface area contributed by atoms with E-state index in [2.05, 4.69) is 6.92 Å². The zero-order valence-electron chi connectivity index (χ0n) is 11.5. The number of carboxylic acids is 2. The zero-order valence-corrected chi connectivity index (χ0v) is 13.5. The van der Waals surface area contributed by atoms with Gasteiger partial charge in [-0.2, -0.15) is 0 Å². The molecule has 0 aliphatic heterocycles. The van der Waals surface area contributed by atoms with Crippen LogP contribution in [-0.2, 0) is 9.59 Å². The van der Waals surface area contributed by atoms with Crippen molar-refractivity contribution in [3.05, 3.63) is 0 Å². The van der Waals surface area contributed by atoms with Gasteiger partial charge in [-0.3, -0.25) is 9.69 Å². The van der Waals surface area contributed by atoms with E-state index in [1.807, 2.05) is 0 Å². The Kier molecular flexibility index (Phi) is 15.0. The molecule has 0 aromatic heterocycles. The fourth-order valence-corrected chi connectivity index (χ4v) is 1.70. The van der Waals surface area contributed by atoms with Crippen molar-refractivity contribution in [3.8, 4) is 0 Å². The third kappa shape index (κ3) is 14.0. The van der Waals surface area contributed by atoms with Crippen molar-refractivity contribution in [1.29, 1.82) is 0 Å². The number of carboxylic acid groups (broad SMARTS) is 2. The van der Waals surface area contributed by atoms with Gasteiger partial charge in [0.15, 0.2) is 0 Å². The van der Waals surface area contributed by atoms with Crippen LogP contribution >= 0.6 is 0 Å². The predicted octanol–water partition coefficient (Wildman–Crippen LogP) is -2.51. The van der Waals surface area contributed by atoms with Gasteiger partial charge in [-0.05, 0) is 13.0 Å². The van der Waals surface area contributed by atoms with Gasteiger partial charge in [0, 0.05) is 6.54 Å². The van der Waals surface area contributed by atoms with Gasteiger partial charge in [0.1, 0.15) is 0 Å². The van der Waals surface area contributed by atoms with E-state index < -0.39 is 11.9 Å². The number of nitrogens with zero attached hydrogens (tertiary/aromatic N) is 1. The number of rotatable bonds is 11. The van der Waals surface area contributed by atoms with E-state index in [4.69, 9.17) is 5.11 Å². The molecule has 6 heteroatoms. The van der Waals surface area contributed by atoms with Gasteiger partial charge < -0.3 is 15.0 Å². The van der Waals surface area contributed by atoms with Crippen molar-refractivity contribution < 1.29 is 49.4 Å². The number of carbonyl (C=O) groups excluding carboxylic acids is 1. The predicted molar refractivity (Wildman–Crippen MR) is 62.5 cm³/mol. The SMILES string of the molecule is CCCCCCCCN(CC(=O)[O-])CC(=O)O.[Na+]. The molecule has 1 N–H and O–H groups in total. The van der Waals surface area contributed by atoms with Crippen LogP contribution in [0.15, 0.2) is 0 Å². The van der Waals surface area contributed by atoms with E-state index in [9.17, 15) is 14.7 Å². The summed E-state index contributed by atoms with van der Waals surface area (Å²) in [6, 6.07) is 0. The molecule has 0 spiro atoms. The van der Waals surface area contributed by atoms with E-state index in [1.165, 1.54) is 24.2 Å². The normalized spacial score (nSPS) is 10.1. The first-order valence-corrected chi connectivity index (χ1v) is 6.20. The minimum atomic E-state index is -1.22. The molecular formula is C12H22NNaO4. The maximum atomic E-state index is 10.5. The molecule has 0 fully saturated rings. The largest absolute Gasteiger partial charge is 1.00 e. The maximum Gasteiger partial charge on any atom is 1.00 e. The van der Waals surface area contributed by atoms with Crippen molar-refractivity contribution in [2.75, 3.05) is 19.6 Å². The fourth-order valence-electron chi connectivity index (χ4n) is 1.70. The Balaban J connectivity index is 0. The molecule has 0 aliphatic carbocycles. The van der Waals surface area contributed by atoms with Gasteiger partial charge in [-0.1, -0.05) is 39.0 Å². The first-order chi connectivity index (χ1) is 8.06. The standard InChI is InChI=1S/C12H23NO4.Na/c1-2-3-4-5-6-7-8-13(9-11(14)15)10-12(16)17;/h2-10H2,1H3,(H,14,15)(H,16,17);/q;+1/p-1. The molecule has 5 nitrogen and oxygen atoms in total. The topological polar surface area (TPSA) is 80.7 Å². The Morgan fingerprint density at radius 3 is 2.11 bits per heavy atom. The molecule has 0 heterocycles. The second-order valence-corrected chi connectivity index (χ2v) is 4.24. The minimum absolute atomic E-state index is 0. The summed E-state index contributed by atoms with van der Waals surface area (Å²) in [6.07, 6.45) is 6.58. The van der Waals surface area contributed by atoms with E-state index in [0.717, 1.165) is 19.3 Å². The zero-order chi connectivity index (χ0) is 13.1. The van der Waals surface area contributed by atoms with Crippen LogP contribution in [0, 0.1) is 0 Å². The Hall–Kier alpha value is -0.100. The molecule has 0 saturated carbocycles. The number of hydrogen-bond acceptors (Lipinski definition) is 4. The molecule has 18 heavy (non-hydrogen) atoms. The third-order valence-electron chi connectivity index (χ3n) is 2.54. The quantitative estimate of drug-likeness (QED) is 0.330. The van der Waals surface area contributed by atoms with Crippen LogP contribution in [0.1, 0.15) is 45.4 Å². The van der Waals surface area contributed by atoms with E-state index in [0.29, 0.717) is 6.54 Å². The summed E-state index contributed by atoms with van der Waals surface area (Å²) in [5, 5.41) is 19.0. The summed E-state index contributed by atoms with van der Waals surface area (Å²) in [4.78, 5) is 22.3. The molecule has 0 amide bonds. The Labute approximate surface area is 131 Å². The summed E-state index contributed by atoms with van der Waals surface area (Å²) in [5.41, 5.74) is 0. The monoisotopic (exact) mass is 267 g/mol. The smallest absolute Gasteiger partial charge is 0.549 e. The third-order valence-corrected chi connectivity index (χ3v) is 2.54. The summed E-state index contributed by atoms with van der Waals surface area (Å²) < 4.78 is 0. The summed E-state index contributed by atoms with van der Waals surface area (Å²) >= 11 is 0. The van der Waals surface area contributed by atoms with Crippen LogP contribution in [0.3, 0.4) is 0 Å². The van der Waals surface area contributed by atoms with Crippen molar-refractivity contribution in [2.24, 2.45) is 0 Å². The van der Waals surface area contributed by atoms with Crippen molar-refractivity contribution in [3.63, 3.8) is 0 Å². The van der Waals surface area contributed by atoms with Crippen LogP contribution in [0.4, 0.5) is 0 Å². The summed E-state index contributed by atoms with van der Waals surface area (Å²) in [7, 11) is 0. The summed E-state index contributed by atoms with van der Waals surface area (Å²) in [6.45, 7) is 2.12. The average molecular weight is 267 g/mol. The van der Waals surface area contributed by atoms with Gasteiger partial charge in [0.2, 0.25) is 0 Å². The van der Waals surface area contributed by atoms with Crippen molar-refractivity contribution in [1.82, 2.24) is 4.90 Å². The van der Waals surface area contributed by atoms with Crippen LogP contribution in [0.5, 0.6) is 0 Å². The maximum absolute atomic E-state index is 10.5. The van der Waals surface area contributed by atoms with Crippen LogP contribution in [0.25, 0.3) is 0 Å². The first kappa shape index (κ1) is 20.2. The molecule has 0 radical (unpaired) electrons. The molecule has 0 rings (SSSR count). The second kappa shape index (κ2) is 13.3. The molecule has 0 aromatic carbocycles. The van der Waals surface area contributed by atoms with E-state index in [1.54, 1.807) is 0 Å². The summed E-state index contributed by atoms with van der Waals surface area (Å²) in [5.74, 6) is -2.23. The molecule has 0 aromatic rings. The molecule has 0 unspecified atom stereocenters. The average Bonchev–Trinajstić information content (AvgIpc) is 2.21. The Morgan fingerprint density at radius 2 is 1.61 bits per heavy atom. The van der Waals surface area contributed by atoms with Gasteiger partial charge in [-0.15, -0.1) is 0 Å². The number of carbonyl (C=O) groups is 2. The molecule has 0 bridgehead atoms. The minimum Gasteiger partial charge on any atom is -0.549 e. The van der Waals surface area contributed by atoms with E-state index >= 15 is 0 Å².